The lowest BCUT2D eigenvalue weighted by molar-refractivity contribution is 0.0697. The van der Waals surface area contributed by atoms with Gasteiger partial charge in [-0.05, 0) is 54.2 Å². The van der Waals surface area contributed by atoms with Crippen LogP contribution in [0, 0.1) is 6.92 Å². The van der Waals surface area contributed by atoms with Crippen molar-refractivity contribution >= 4 is 5.97 Å². The van der Waals surface area contributed by atoms with Gasteiger partial charge in [0, 0.05) is 0 Å². The molecule has 2 heteroatoms. The van der Waals surface area contributed by atoms with Gasteiger partial charge in [-0.1, -0.05) is 83.2 Å². The molecule has 0 aliphatic rings. The number of hydrogen-bond donors (Lipinski definition) is 1. The summed E-state index contributed by atoms with van der Waals surface area (Å²) >= 11 is 0. The van der Waals surface area contributed by atoms with Gasteiger partial charge in [0.25, 0.3) is 0 Å². The Hall–Kier alpha value is -2.09. The molecule has 2 aromatic rings. The minimum absolute atomic E-state index is 0.343. The zero-order valence-electron chi connectivity index (χ0n) is 16.8. The maximum atomic E-state index is 11.0. The van der Waals surface area contributed by atoms with Gasteiger partial charge in [0.2, 0.25) is 0 Å². The summed E-state index contributed by atoms with van der Waals surface area (Å²) in [6.07, 6.45) is 9.08. The molecule has 2 nitrogen and oxygen atoms in total. The Bertz CT molecular complexity index is 656. The molecular weight excluding hydrogens is 320 g/mol. The summed E-state index contributed by atoms with van der Waals surface area (Å²) in [6.45, 7) is 8.21. The molecular formula is C24H34O2. The zero-order valence-corrected chi connectivity index (χ0v) is 16.8. The van der Waals surface area contributed by atoms with Gasteiger partial charge >= 0.3 is 5.97 Å². The normalized spacial score (nSPS) is 10.2. The van der Waals surface area contributed by atoms with E-state index in [0.717, 1.165) is 23.1 Å². The molecule has 0 aliphatic heterocycles. The Morgan fingerprint density at radius 3 is 2.08 bits per heavy atom. The van der Waals surface area contributed by atoms with E-state index >= 15 is 0 Å². The van der Waals surface area contributed by atoms with Crippen LogP contribution in [0.2, 0.25) is 0 Å². The average Bonchev–Trinajstić information content (AvgIpc) is 2.66. The largest absolute Gasteiger partial charge is 0.478 e. The highest BCUT2D eigenvalue weighted by Crippen LogP contribution is 2.25. The molecule has 2 aromatic carbocycles. The average molecular weight is 355 g/mol. The van der Waals surface area contributed by atoms with Crippen LogP contribution >= 0.6 is 0 Å². The quantitative estimate of drug-likeness (QED) is 0.480. The van der Waals surface area contributed by atoms with Crippen molar-refractivity contribution in [1.82, 2.24) is 0 Å². The van der Waals surface area contributed by atoms with Crippen LogP contribution < -0.4 is 0 Å². The smallest absolute Gasteiger partial charge is 0.335 e. The molecule has 0 spiro atoms. The molecule has 142 valence electrons. The molecule has 0 unspecified atom stereocenters. The predicted molar refractivity (Wildman–Crippen MR) is 112 cm³/mol. The van der Waals surface area contributed by atoms with E-state index < -0.39 is 5.97 Å². The van der Waals surface area contributed by atoms with Gasteiger partial charge in [-0.15, -0.1) is 0 Å². The third-order valence-electron chi connectivity index (χ3n) is 4.56. The van der Waals surface area contributed by atoms with Crippen LogP contribution in [0.4, 0.5) is 0 Å². The summed E-state index contributed by atoms with van der Waals surface area (Å²) in [5, 5.41) is 9.06. The third-order valence-corrected chi connectivity index (χ3v) is 4.56. The van der Waals surface area contributed by atoms with E-state index in [2.05, 4.69) is 31.2 Å². The Kier molecular flexibility index (Phi) is 10.4. The third kappa shape index (κ3) is 7.03. The second-order valence-electron chi connectivity index (χ2n) is 6.55. The van der Waals surface area contributed by atoms with Gasteiger partial charge in [-0.3, -0.25) is 0 Å². The minimum atomic E-state index is -0.876. The number of benzene rings is 2. The van der Waals surface area contributed by atoms with Crippen molar-refractivity contribution < 1.29 is 9.90 Å². The van der Waals surface area contributed by atoms with Gasteiger partial charge in [-0.2, -0.15) is 0 Å². The van der Waals surface area contributed by atoms with Crippen molar-refractivity contribution in [2.45, 2.75) is 72.6 Å². The Labute approximate surface area is 159 Å². The summed E-state index contributed by atoms with van der Waals surface area (Å²) < 4.78 is 0. The summed E-state index contributed by atoms with van der Waals surface area (Å²) in [5.41, 5.74) is 4.98. The molecule has 0 aliphatic carbocycles. The molecule has 1 N–H and O–H groups in total. The molecule has 0 saturated heterocycles. The van der Waals surface area contributed by atoms with E-state index in [-0.39, 0.29) is 0 Å². The van der Waals surface area contributed by atoms with Gasteiger partial charge in [0.05, 0.1) is 5.56 Å². The lowest BCUT2D eigenvalue weighted by Gasteiger charge is -2.09. The van der Waals surface area contributed by atoms with E-state index in [0.29, 0.717) is 5.56 Å². The summed E-state index contributed by atoms with van der Waals surface area (Å²) in [6, 6.07) is 14.0. The predicted octanol–water partition coefficient (Wildman–Crippen LogP) is 7.29. The number of aryl methyl sites for hydroxylation is 2. The molecule has 2 rings (SSSR count). The van der Waals surface area contributed by atoms with Crippen molar-refractivity contribution in [3.63, 3.8) is 0 Å². The molecule has 0 heterocycles. The van der Waals surface area contributed by atoms with Crippen LogP contribution in [0.25, 0.3) is 11.1 Å². The standard InChI is InChI=1S/C22H28O2.C2H6/c1-3-4-5-6-7-8-9-18-10-12-19(13-11-18)21-15-14-20(22(23)24)16-17(21)2;1-2/h10-16H,3-9H2,1-2H3,(H,23,24);1-2H3. The second kappa shape index (κ2) is 12.3. The highest BCUT2D eigenvalue weighted by Gasteiger charge is 2.07. The van der Waals surface area contributed by atoms with Crippen molar-refractivity contribution in [2.24, 2.45) is 0 Å². The number of carboxylic acid groups (broad SMARTS) is 1. The fraction of sp³-hybridized carbons (Fsp3) is 0.458. The lowest BCUT2D eigenvalue weighted by Crippen LogP contribution is -1.97. The molecule has 0 atom stereocenters. The summed E-state index contributed by atoms with van der Waals surface area (Å²) in [5.74, 6) is -0.876. The van der Waals surface area contributed by atoms with Crippen molar-refractivity contribution in [3.8, 4) is 11.1 Å². The van der Waals surface area contributed by atoms with Crippen LogP contribution in [-0.4, -0.2) is 11.1 Å². The molecule has 0 saturated carbocycles. The number of rotatable bonds is 9. The number of hydrogen-bond acceptors (Lipinski definition) is 1. The Balaban J connectivity index is 0.00000163. The highest BCUT2D eigenvalue weighted by molar-refractivity contribution is 5.89. The van der Waals surface area contributed by atoms with E-state index in [1.165, 1.54) is 44.1 Å². The highest BCUT2D eigenvalue weighted by atomic mass is 16.4. The van der Waals surface area contributed by atoms with E-state index in [1.807, 2.05) is 26.8 Å². The topological polar surface area (TPSA) is 37.3 Å². The van der Waals surface area contributed by atoms with E-state index in [4.69, 9.17) is 5.11 Å². The zero-order chi connectivity index (χ0) is 19.4. The van der Waals surface area contributed by atoms with Gasteiger partial charge < -0.3 is 5.11 Å². The summed E-state index contributed by atoms with van der Waals surface area (Å²) in [7, 11) is 0. The van der Waals surface area contributed by atoms with Crippen LogP contribution in [-0.2, 0) is 6.42 Å². The van der Waals surface area contributed by atoms with Crippen molar-refractivity contribution in [1.29, 1.82) is 0 Å². The van der Waals surface area contributed by atoms with Crippen LogP contribution in [0.3, 0.4) is 0 Å². The number of carboxylic acids is 1. The first-order chi connectivity index (χ1) is 12.6. The van der Waals surface area contributed by atoms with Crippen molar-refractivity contribution in [3.05, 3.63) is 59.2 Å². The van der Waals surface area contributed by atoms with Crippen LogP contribution in [0.1, 0.15) is 80.8 Å². The fourth-order valence-corrected chi connectivity index (χ4v) is 3.08. The Morgan fingerprint density at radius 1 is 0.885 bits per heavy atom. The maximum absolute atomic E-state index is 11.0. The SMILES string of the molecule is CC.CCCCCCCCc1ccc(-c2ccc(C(=O)O)cc2C)cc1. The second-order valence-corrected chi connectivity index (χ2v) is 6.55. The summed E-state index contributed by atoms with van der Waals surface area (Å²) in [4.78, 5) is 11.0. The lowest BCUT2D eigenvalue weighted by atomic mass is 9.96. The molecule has 0 bridgehead atoms. The van der Waals surface area contributed by atoms with Gasteiger partial charge in [-0.25, -0.2) is 4.79 Å². The maximum Gasteiger partial charge on any atom is 0.335 e. The first kappa shape index (κ1) is 22.0. The van der Waals surface area contributed by atoms with E-state index in [1.54, 1.807) is 12.1 Å². The molecule has 0 radical (unpaired) electrons. The number of aromatic carboxylic acids is 1. The van der Waals surface area contributed by atoms with E-state index in [9.17, 15) is 4.79 Å². The molecule has 0 aromatic heterocycles. The minimum Gasteiger partial charge on any atom is -0.478 e. The fourth-order valence-electron chi connectivity index (χ4n) is 3.08. The van der Waals surface area contributed by atoms with Gasteiger partial charge in [0.15, 0.2) is 0 Å². The first-order valence-corrected chi connectivity index (χ1v) is 10.0. The van der Waals surface area contributed by atoms with Crippen LogP contribution in [0.15, 0.2) is 42.5 Å². The van der Waals surface area contributed by atoms with Crippen LogP contribution in [0.5, 0.6) is 0 Å². The monoisotopic (exact) mass is 354 g/mol. The number of unbranched alkanes of at least 4 members (excludes halogenated alkanes) is 5. The number of carbonyl (C=O) groups is 1. The Morgan fingerprint density at radius 2 is 1.50 bits per heavy atom. The molecule has 0 fully saturated rings. The molecule has 26 heavy (non-hydrogen) atoms. The van der Waals surface area contributed by atoms with Gasteiger partial charge in [0.1, 0.15) is 0 Å². The first-order valence-electron chi connectivity index (χ1n) is 10.0. The molecule has 0 amide bonds. The van der Waals surface area contributed by atoms with Crippen molar-refractivity contribution in [2.75, 3.05) is 0 Å².